The van der Waals surface area contributed by atoms with Crippen LogP contribution in [0.5, 0.6) is 11.5 Å². The first-order chi connectivity index (χ1) is 7.21. The number of methoxy groups -OCH3 is 2. The molecular formula is C11H17NO3. The Labute approximate surface area is 89.6 Å². The number of ether oxygens (including phenoxy) is 2. The van der Waals surface area contributed by atoms with Crippen LogP contribution >= 0.6 is 0 Å². The van der Waals surface area contributed by atoms with Crippen molar-refractivity contribution in [3.63, 3.8) is 0 Å². The molecule has 3 N–H and O–H groups in total. The Bertz CT molecular complexity index is 292. The van der Waals surface area contributed by atoms with E-state index in [1.807, 2.05) is 12.1 Å². The predicted octanol–water partition coefficient (Wildman–Crippen LogP) is 1.09. The van der Waals surface area contributed by atoms with E-state index in [0.29, 0.717) is 17.9 Å². The van der Waals surface area contributed by atoms with Crippen LogP contribution in [0.15, 0.2) is 18.2 Å². The molecule has 0 amide bonds. The average Bonchev–Trinajstić information content (AvgIpc) is 2.28. The Hall–Kier alpha value is -1.26. The molecule has 1 atom stereocenters. The van der Waals surface area contributed by atoms with Crippen LogP contribution in [0.2, 0.25) is 0 Å². The molecule has 0 aliphatic rings. The zero-order chi connectivity index (χ0) is 11.3. The van der Waals surface area contributed by atoms with Crippen LogP contribution in [0.1, 0.15) is 18.0 Å². The lowest BCUT2D eigenvalue weighted by Crippen LogP contribution is -2.12. The highest BCUT2D eigenvalue weighted by Gasteiger charge is 2.08. The minimum atomic E-state index is -0.195. The highest BCUT2D eigenvalue weighted by atomic mass is 16.5. The van der Waals surface area contributed by atoms with Crippen molar-refractivity contribution in [2.75, 3.05) is 20.8 Å². The number of benzene rings is 1. The molecule has 1 rings (SSSR count). The standard InChI is InChI=1S/C11H17NO3/c1-14-9-5-8(11(12)3-4-13)6-10(7-9)15-2/h5-7,11,13H,3-4,12H2,1-2H3/t11-/m1/s1. The van der Waals surface area contributed by atoms with Gasteiger partial charge in [0.15, 0.2) is 0 Å². The molecule has 0 saturated carbocycles. The molecule has 84 valence electrons. The topological polar surface area (TPSA) is 64.7 Å². The van der Waals surface area contributed by atoms with Crippen LogP contribution in [0.4, 0.5) is 0 Å². The summed E-state index contributed by atoms with van der Waals surface area (Å²) in [6.07, 6.45) is 0.524. The van der Waals surface area contributed by atoms with Crippen LogP contribution in [0, 0.1) is 0 Å². The fourth-order valence-corrected chi connectivity index (χ4v) is 1.35. The Morgan fingerprint density at radius 1 is 1.20 bits per heavy atom. The molecule has 0 bridgehead atoms. The van der Waals surface area contributed by atoms with Crippen molar-refractivity contribution in [2.45, 2.75) is 12.5 Å². The fraction of sp³-hybridized carbons (Fsp3) is 0.455. The smallest absolute Gasteiger partial charge is 0.122 e. The van der Waals surface area contributed by atoms with Gasteiger partial charge in [-0.1, -0.05) is 0 Å². The maximum Gasteiger partial charge on any atom is 0.122 e. The van der Waals surface area contributed by atoms with Crippen LogP contribution in [0.3, 0.4) is 0 Å². The zero-order valence-corrected chi connectivity index (χ0v) is 9.06. The molecule has 0 aromatic heterocycles. The lowest BCUT2D eigenvalue weighted by Gasteiger charge is -2.13. The minimum absolute atomic E-state index is 0.0701. The quantitative estimate of drug-likeness (QED) is 0.765. The third kappa shape index (κ3) is 3.11. The number of hydrogen-bond acceptors (Lipinski definition) is 4. The molecule has 0 aliphatic carbocycles. The van der Waals surface area contributed by atoms with Crippen molar-refractivity contribution in [1.29, 1.82) is 0 Å². The number of rotatable bonds is 5. The number of hydrogen-bond donors (Lipinski definition) is 2. The SMILES string of the molecule is COc1cc(OC)cc([C@H](N)CCO)c1. The second-order valence-electron chi connectivity index (χ2n) is 3.26. The number of aliphatic hydroxyl groups excluding tert-OH is 1. The third-order valence-electron chi connectivity index (χ3n) is 2.24. The molecule has 0 radical (unpaired) electrons. The summed E-state index contributed by atoms with van der Waals surface area (Å²) >= 11 is 0. The summed E-state index contributed by atoms with van der Waals surface area (Å²) in [5.74, 6) is 1.41. The summed E-state index contributed by atoms with van der Waals surface area (Å²) < 4.78 is 10.3. The molecule has 4 heteroatoms. The van der Waals surface area contributed by atoms with E-state index in [4.69, 9.17) is 20.3 Å². The van der Waals surface area contributed by atoms with Gasteiger partial charge in [-0.3, -0.25) is 0 Å². The van der Waals surface area contributed by atoms with Crippen molar-refractivity contribution in [3.05, 3.63) is 23.8 Å². The minimum Gasteiger partial charge on any atom is -0.497 e. The highest BCUT2D eigenvalue weighted by molar-refractivity contribution is 5.39. The second kappa shape index (κ2) is 5.58. The molecular weight excluding hydrogens is 194 g/mol. The molecule has 15 heavy (non-hydrogen) atoms. The summed E-state index contributed by atoms with van der Waals surface area (Å²) in [6.45, 7) is 0.0701. The Balaban J connectivity index is 2.95. The van der Waals surface area contributed by atoms with Crippen molar-refractivity contribution in [2.24, 2.45) is 5.73 Å². The van der Waals surface area contributed by atoms with Crippen LogP contribution < -0.4 is 15.2 Å². The molecule has 0 unspecified atom stereocenters. The number of nitrogens with two attached hydrogens (primary N) is 1. The van der Waals surface area contributed by atoms with Gasteiger partial charge in [-0.05, 0) is 24.1 Å². The van der Waals surface area contributed by atoms with E-state index in [1.165, 1.54) is 0 Å². The first-order valence-corrected chi connectivity index (χ1v) is 4.80. The Morgan fingerprint density at radius 3 is 2.13 bits per heavy atom. The maximum atomic E-state index is 8.81. The van der Waals surface area contributed by atoms with Gasteiger partial charge in [-0.2, -0.15) is 0 Å². The van der Waals surface area contributed by atoms with Gasteiger partial charge in [0, 0.05) is 18.7 Å². The van der Waals surface area contributed by atoms with Gasteiger partial charge in [0.05, 0.1) is 14.2 Å². The van der Waals surface area contributed by atoms with Crippen LogP contribution in [0.25, 0.3) is 0 Å². The molecule has 0 saturated heterocycles. The fourth-order valence-electron chi connectivity index (χ4n) is 1.35. The normalized spacial score (nSPS) is 12.3. The van der Waals surface area contributed by atoms with Gasteiger partial charge in [-0.25, -0.2) is 0 Å². The van der Waals surface area contributed by atoms with E-state index in [-0.39, 0.29) is 12.6 Å². The third-order valence-corrected chi connectivity index (χ3v) is 2.24. The van der Waals surface area contributed by atoms with Crippen molar-refractivity contribution in [1.82, 2.24) is 0 Å². The summed E-state index contributed by atoms with van der Waals surface area (Å²) in [5, 5.41) is 8.81. The van der Waals surface area contributed by atoms with Crippen LogP contribution in [-0.4, -0.2) is 25.9 Å². The summed E-state index contributed by atoms with van der Waals surface area (Å²) in [5.41, 5.74) is 6.78. The molecule has 0 heterocycles. The monoisotopic (exact) mass is 211 g/mol. The van der Waals surface area contributed by atoms with Gasteiger partial charge in [0.25, 0.3) is 0 Å². The molecule has 0 fully saturated rings. The van der Waals surface area contributed by atoms with E-state index in [2.05, 4.69) is 0 Å². The predicted molar refractivity (Wildman–Crippen MR) is 58.2 cm³/mol. The first-order valence-electron chi connectivity index (χ1n) is 4.80. The van der Waals surface area contributed by atoms with Crippen molar-refractivity contribution >= 4 is 0 Å². The van der Waals surface area contributed by atoms with Crippen LogP contribution in [-0.2, 0) is 0 Å². The lowest BCUT2D eigenvalue weighted by molar-refractivity contribution is 0.276. The summed E-state index contributed by atoms with van der Waals surface area (Å²) in [7, 11) is 3.19. The van der Waals surface area contributed by atoms with Gasteiger partial charge in [0.2, 0.25) is 0 Å². The van der Waals surface area contributed by atoms with Gasteiger partial charge < -0.3 is 20.3 Å². The maximum absolute atomic E-state index is 8.81. The molecule has 1 aromatic carbocycles. The summed E-state index contributed by atoms with van der Waals surface area (Å²) in [4.78, 5) is 0. The van der Waals surface area contributed by atoms with E-state index in [9.17, 15) is 0 Å². The zero-order valence-electron chi connectivity index (χ0n) is 9.06. The lowest BCUT2D eigenvalue weighted by atomic mass is 10.0. The Kier molecular flexibility index (Phi) is 4.39. The van der Waals surface area contributed by atoms with E-state index in [0.717, 1.165) is 5.56 Å². The first kappa shape index (κ1) is 11.8. The van der Waals surface area contributed by atoms with Gasteiger partial charge >= 0.3 is 0 Å². The van der Waals surface area contributed by atoms with Gasteiger partial charge in [0.1, 0.15) is 11.5 Å². The molecule has 1 aromatic rings. The second-order valence-corrected chi connectivity index (χ2v) is 3.26. The van der Waals surface area contributed by atoms with Crippen molar-refractivity contribution < 1.29 is 14.6 Å². The molecule has 4 nitrogen and oxygen atoms in total. The van der Waals surface area contributed by atoms with Gasteiger partial charge in [-0.15, -0.1) is 0 Å². The van der Waals surface area contributed by atoms with E-state index < -0.39 is 0 Å². The molecule has 0 aliphatic heterocycles. The van der Waals surface area contributed by atoms with Crippen molar-refractivity contribution in [3.8, 4) is 11.5 Å². The Morgan fingerprint density at radius 2 is 1.73 bits per heavy atom. The average molecular weight is 211 g/mol. The largest absolute Gasteiger partial charge is 0.497 e. The number of aliphatic hydroxyl groups is 1. The molecule has 0 spiro atoms. The highest BCUT2D eigenvalue weighted by Crippen LogP contribution is 2.26. The van der Waals surface area contributed by atoms with E-state index in [1.54, 1.807) is 20.3 Å². The summed E-state index contributed by atoms with van der Waals surface area (Å²) in [6, 6.07) is 5.29. The van der Waals surface area contributed by atoms with E-state index >= 15 is 0 Å².